The highest BCUT2D eigenvalue weighted by Crippen LogP contribution is 2.25. The van der Waals surface area contributed by atoms with Gasteiger partial charge in [-0.25, -0.2) is 0 Å². The summed E-state index contributed by atoms with van der Waals surface area (Å²) in [7, 11) is 0. The Morgan fingerprint density at radius 2 is 1.94 bits per heavy atom. The third kappa shape index (κ3) is 3.28. The average molecular weight is 240 g/mol. The predicted molar refractivity (Wildman–Crippen MR) is 62.9 cm³/mol. The third-order valence-electron chi connectivity index (χ3n) is 2.83. The van der Waals surface area contributed by atoms with E-state index in [1.807, 2.05) is 27.7 Å². The van der Waals surface area contributed by atoms with Gasteiger partial charge in [0.05, 0.1) is 0 Å². The van der Waals surface area contributed by atoms with Crippen molar-refractivity contribution in [2.24, 2.45) is 11.8 Å². The Morgan fingerprint density at radius 3 is 2.35 bits per heavy atom. The Bertz CT molecular complexity index is 337. The van der Waals surface area contributed by atoms with E-state index in [4.69, 9.17) is 0 Å². The number of hydrogen-bond donors (Lipinski definition) is 1. The zero-order valence-electron chi connectivity index (χ0n) is 10.8. The molecule has 17 heavy (non-hydrogen) atoms. The molecule has 0 radical (unpaired) electrons. The fourth-order valence-electron chi connectivity index (χ4n) is 1.91. The van der Waals surface area contributed by atoms with Crippen LogP contribution < -0.4 is 5.32 Å². The molecular formula is C12H20N2O3. The zero-order valence-corrected chi connectivity index (χ0v) is 10.8. The number of carbonyl (C=O) groups is 3. The van der Waals surface area contributed by atoms with Crippen molar-refractivity contribution in [3.8, 4) is 0 Å². The molecule has 1 saturated heterocycles. The van der Waals surface area contributed by atoms with E-state index >= 15 is 0 Å². The van der Waals surface area contributed by atoms with Gasteiger partial charge in [0, 0.05) is 18.4 Å². The second-order valence-electron chi connectivity index (χ2n) is 5.09. The predicted octanol–water partition coefficient (Wildman–Crippen LogP) is 0.542. The molecule has 0 aromatic carbocycles. The standard InChI is InChI=1S/C12H20N2O3/c1-7(2)9-5-11(16)14(12(9)17)6-10(15)13-8(3)4/h7-9H,5-6H2,1-4H3,(H,13,15). The van der Waals surface area contributed by atoms with Gasteiger partial charge in [0.15, 0.2) is 0 Å². The van der Waals surface area contributed by atoms with E-state index in [2.05, 4.69) is 5.32 Å². The van der Waals surface area contributed by atoms with Gasteiger partial charge in [-0.15, -0.1) is 0 Å². The van der Waals surface area contributed by atoms with Gasteiger partial charge in [0.2, 0.25) is 17.7 Å². The van der Waals surface area contributed by atoms with E-state index in [9.17, 15) is 14.4 Å². The SMILES string of the molecule is CC(C)NC(=O)CN1C(=O)CC(C(C)C)C1=O. The monoisotopic (exact) mass is 240 g/mol. The molecule has 1 fully saturated rings. The number of likely N-dealkylation sites (tertiary alicyclic amines) is 1. The summed E-state index contributed by atoms with van der Waals surface area (Å²) >= 11 is 0. The van der Waals surface area contributed by atoms with Crippen LogP contribution in [0.15, 0.2) is 0 Å². The van der Waals surface area contributed by atoms with E-state index < -0.39 is 0 Å². The molecule has 1 N–H and O–H groups in total. The molecule has 1 aliphatic heterocycles. The Labute approximate surface area is 102 Å². The highest BCUT2D eigenvalue weighted by molar-refractivity contribution is 6.06. The Hall–Kier alpha value is -1.39. The van der Waals surface area contributed by atoms with Gasteiger partial charge in [-0.1, -0.05) is 13.8 Å². The lowest BCUT2D eigenvalue weighted by atomic mass is 9.94. The van der Waals surface area contributed by atoms with Crippen molar-refractivity contribution >= 4 is 17.7 Å². The second kappa shape index (κ2) is 5.29. The second-order valence-corrected chi connectivity index (χ2v) is 5.09. The highest BCUT2D eigenvalue weighted by Gasteiger charge is 2.40. The summed E-state index contributed by atoms with van der Waals surface area (Å²) < 4.78 is 0. The number of rotatable bonds is 4. The van der Waals surface area contributed by atoms with Gasteiger partial charge in [-0.05, 0) is 19.8 Å². The Kier molecular flexibility index (Phi) is 4.26. The van der Waals surface area contributed by atoms with Gasteiger partial charge in [0.1, 0.15) is 6.54 Å². The van der Waals surface area contributed by atoms with Crippen molar-refractivity contribution in [1.82, 2.24) is 10.2 Å². The molecule has 0 aromatic heterocycles. The molecule has 5 nitrogen and oxygen atoms in total. The molecule has 5 heteroatoms. The fraction of sp³-hybridized carbons (Fsp3) is 0.750. The molecule has 0 bridgehead atoms. The van der Waals surface area contributed by atoms with E-state index in [1.165, 1.54) is 0 Å². The van der Waals surface area contributed by atoms with Crippen molar-refractivity contribution in [3.63, 3.8) is 0 Å². The first-order valence-corrected chi connectivity index (χ1v) is 5.96. The molecule has 96 valence electrons. The number of carbonyl (C=O) groups excluding carboxylic acids is 3. The summed E-state index contributed by atoms with van der Waals surface area (Å²) in [6.07, 6.45) is 0.228. The fourth-order valence-corrected chi connectivity index (χ4v) is 1.91. The lowest BCUT2D eigenvalue weighted by Gasteiger charge is -2.17. The average Bonchev–Trinajstić information content (AvgIpc) is 2.44. The van der Waals surface area contributed by atoms with Crippen molar-refractivity contribution in [1.29, 1.82) is 0 Å². The molecule has 1 aliphatic rings. The van der Waals surface area contributed by atoms with Crippen molar-refractivity contribution < 1.29 is 14.4 Å². The molecule has 1 unspecified atom stereocenters. The van der Waals surface area contributed by atoms with Crippen LogP contribution in [-0.2, 0) is 14.4 Å². The summed E-state index contributed by atoms with van der Waals surface area (Å²) in [6.45, 7) is 7.34. The Balaban J connectivity index is 2.63. The molecule has 0 spiro atoms. The minimum Gasteiger partial charge on any atom is -0.352 e. The van der Waals surface area contributed by atoms with Crippen LogP contribution in [0.2, 0.25) is 0 Å². The van der Waals surface area contributed by atoms with E-state index in [-0.39, 0.29) is 48.6 Å². The van der Waals surface area contributed by atoms with Crippen LogP contribution >= 0.6 is 0 Å². The molecular weight excluding hydrogens is 220 g/mol. The van der Waals surface area contributed by atoms with E-state index in [1.54, 1.807) is 0 Å². The lowest BCUT2D eigenvalue weighted by Crippen LogP contribution is -2.43. The quantitative estimate of drug-likeness (QED) is 0.729. The van der Waals surface area contributed by atoms with E-state index in [0.717, 1.165) is 4.90 Å². The number of hydrogen-bond acceptors (Lipinski definition) is 3. The Morgan fingerprint density at radius 1 is 1.35 bits per heavy atom. The number of amides is 3. The van der Waals surface area contributed by atoms with Crippen LogP contribution in [0.3, 0.4) is 0 Å². The van der Waals surface area contributed by atoms with Crippen LogP contribution in [0.5, 0.6) is 0 Å². The maximum absolute atomic E-state index is 11.9. The van der Waals surface area contributed by atoms with Gasteiger partial charge < -0.3 is 5.32 Å². The summed E-state index contributed by atoms with van der Waals surface area (Å²) in [6, 6.07) is 0.0104. The minimum atomic E-state index is -0.286. The molecule has 3 amide bonds. The smallest absolute Gasteiger partial charge is 0.240 e. The maximum atomic E-state index is 11.9. The summed E-state index contributed by atoms with van der Waals surface area (Å²) in [5.41, 5.74) is 0. The van der Waals surface area contributed by atoms with Gasteiger partial charge in [-0.3, -0.25) is 19.3 Å². The molecule has 1 heterocycles. The van der Waals surface area contributed by atoms with Crippen LogP contribution in [-0.4, -0.2) is 35.2 Å². The first kappa shape index (κ1) is 13.7. The summed E-state index contributed by atoms with van der Waals surface area (Å²) in [5, 5.41) is 2.67. The minimum absolute atomic E-state index is 0.0104. The summed E-state index contributed by atoms with van der Waals surface area (Å²) in [5.74, 6) is -0.887. The van der Waals surface area contributed by atoms with E-state index in [0.29, 0.717) is 0 Å². The van der Waals surface area contributed by atoms with Gasteiger partial charge in [-0.2, -0.15) is 0 Å². The highest BCUT2D eigenvalue weighted by atomic mass is 16.2. The molecule has 0 aromatic rings. The first-order valence-electron chi connectivity index (χ1n) is 5.96. The van der Waals surface area contributed by atoms with Gasteiger partial charge in [0.25, 0.3) is 0 Å². The van der Waals surface area contributed by atoms with Crippen LogP contribution in [0.25, 0.3) is 0 Å². The molecule has 1 atom stereocenters. The van der Waals surface area contributed by atoms with Gasteiger partial charge >= 0.3 is 0 Å². The largest absolute Gasteiger partial charge is 0.352 e. The maximum Gasteiger partial charge on any atom is 0.240 e. The summed E-state index contributed by atoms with van der Waals surface area (Å²) in [4.78, 5) is 36.1. The normalized spacial score (nSPS) is 20.6. The van der Waals surface area contributed by atoms with Crippen LogP contribution in [0.1, 0.15) is 34.1 Å². The van der Waals surface area contributed by atoms with Crippen LogP contribution in [0, 0.1) is 11.8 Å². The van der Waals surface area contributed by atoms with Crippen molar-refractivity contribution in [3.05, 3.63) is 0 Å². The lowest BCUT2D eigenvalue weighted by molar-refractivity contribution is -0.143. The van der Waals surface area contributed by atoms with Crippen molar-refractivity contribution in [2.75, 3.05) is 6.54 Å². The topological polar surface area (TPSA) is 66.5 Å². The molecule has 0 saturated carbocycles. The number of nitrogens with zero attached hydrogens (tertiary/aromatic N) is 1. The number of imide groups is 1. The molecule has 0 aliphatic carbocycles. The zero-order chi connectivity index (χ0) is 13.2. The number of nitrogens with one attached hydrogen (secondary N) is 1. The van der Waals surface area contributed by atoms with Crippen LogP contribution in [0.4, 0.5) is 0 Å². The first-order chi connectivity index (χ1) is 7.82. The molecule has 1 rings (SSSR count). The van der Waals surface area contributed by atoms with Crippen molar-refractivity contribution in [2.45, 2.75) is 40.2 Å². The third-order valence-corrected chi connectivity index (χ3v) is 2.83.